The van der Waals surface area contributed by atoms with Crippen LogP contribution in [-0.2, 0) is 24.4 Å². The number of carbonyl (C=O) groups excluding carboxylic acids is 1. The van der Waals surface area contributed by atoms with Crippen LogP contribution in [0.25, 0.3) is 6.08 Å². The highest BCUT2D eigenvalue weighted by Gasteiger charge is 2.16. The molecule has 6 nitrogen and oxygen atoms in total. The molecule has 0 aliphatic carbocycles. The van der Waals surface area contributed by atoms with E-state index in [-0.39, 0.29) is 5.91 Å². The van der Waals surface area contributed by atoms with Gasteiger partial charge < -0.3 is 13.7 Å². The molecule has 6 heteroatoms. The molecule has 0 aliphatic heterocycles. The minimum absolute atomic E-state index is 0.122. The molecule has 0 bridgehead atoms. The van der Waals surface area contributed by atoms with Crippen molar-refractivity contribution in [3.63, 3.8) is 0 Å². The largest absolute Gasteiger partial charge is 0.467 e. The van der Waals surface area contributed by atoms with E-state index in [4.69, 9.17) is 8.83 Å². The Morgan fingerprint density at radius 2 is 1.59 bits per heavy atom. The van der Waals surface area contributed by atoms with Gasteiger partial charge in [0.05, 0.1) is 37.9 Å². The number of carbonyl (C=O) groups is 1. The molecule has 1 amide bonds. The van der Waals surface area contributed by atoms with Gasteiger partial charge in [0.25, 0.3) is 0 Å². The quantitative estimate of drug-likeness (QED) is 0.357. The summed E-state index contributed by atoms with van der Waals surface area (Å²) in [6.07, 6.45) is 6.66. The lowest BCUT2D eigenvalue weighted by Crippen LogP contribution is -2.28. The van der Waals surface area contributed by atoms with Crippen molar-refractivity contribution in [1.82, 2.24) is 14.7 Å². The van der Waals surface area contributed by atoms with Gasteiger partial charge in [0.2, 0.25) is 5.91 Å². The molecule has 3 heterocycles. The highest BCUT2D eigenvalue weighted by atomic mass is 16.3. The van der Waals surface area contributed by atoms with Crippen molar-refractivity contribution in [3.8, 4) is 0 Å². The van der Waals surface area contributed by atoms with E-state index in [1.54, 1.807) is 23.5 Å². The van der Waals surface area contributed by atoms with Crippen LogP contribution in [-0.4, -0.2) is 20.6 Å². The number of benzene rings is 1. The summed E-state index contributed by atoms with van der Waals surface area (Å²) >= 11 is 0. The van der Waals surface area contributed by atoms with E-state index < -0.39 is 0 Å². The maximum Gasteiger partial charge on any atom is 0.247 e. The average molecular weight is 430 g/mol. The number of hydrogen-bond acceptors (Lipinski definition) is 4. The van der Waals surface area contributed by atoms with Gasteiger partial charge in [-0.25, -0.2) is 0 Å². The molecule has 3 aromatic heterocycles. The van der Waals surface area contributed by atoms with E-state index in [0.29, 0.717) is 19.6 Å². The van der Waals surface area contributed by atoms with Gasteiger partial charge in [0, 0.05) is 17.3 Å². The Hall–Kier alpha value is -3.80. The molecule has 32 heavy (non-hydrogen) atoms. The van der Waals surface area contributed by atoms with Crippen LogP contribution in [0.2, 0.25) is 0 Å². The van der Waals surface area contributed by atoms with Crippen LogP contribution < -0.4 is 0 Å². The lowest BCUT2D eigenvalue weighted by Gasteiger charge is -2.18. The lowest BCUT2D eigenvalue weighted by molar-refractivity contribution is -0.127. The van der Waals surface area contributed by atoms with E-state index in [1.807, 2.05) is 48.9 Å². The van der Waals surface area contributed by atoms with Gasteiger partial charge >= 0.3 is 0 Å². The fourth-order valence-electron chi connectivity index (χ4n) is 3.63. The summed E-state index contributed by atoms with van der Waals surface area (Å²) in [6, 6.07) is 15.8. The van der Waals surface area contributed by atoms with Gasteiger partial charge in [-0.2, -0.15) is 5.10 Å². The highest BCUT2D eigenvalue weighted by molar-refractivity contribution is 5.92. The molecule has 0 radical (unpaired) electrons. The van der Waals surface area contributed by atoms with Gasteiger partial charge in [0.1, 0.15) is 11.5 Å². The Kier molecular flexibility index (Phi) is 6.40. The number of aromatic nitrogens is 2. The molecule has 4 aromatic rings. The monoisotopic (exact) mass is 429 g/mol. The van der Waals surface area contributed by atoms with Crippen molar-refractivity contribution in [2.24, 2.45) is 0 Å². The number of nitrogens with zero attached hydrogens (tertiary/aromatic N) is 3. The molecular weight excluding hydrogens is 402 g/mol. The summed E-state index contributed by atoms with van der Waals surface area (Å²) in [5, 5.41) is 4.68. The molecule has 0 unspecified atom stereocenters. The first-order valence-electron chi connectivity index (χ1n) is 10.6. The summed E-state index contributed by atoms with van der Waals surface area (Å²) < 4.78 is 12.9. The van der Waals surface area contributed by atoms with Crippen LogP contribution in [0.5, 0.6) is 0 Å². The lowest BCUT2D eigenvalue weighted by atomic mass is 10.1. The Morgan fingerprint density at radius 3 is 2.16 bits per heavy atom. The van der Waals surface area contributed by atoms with Crippen LogP contribution in [0.4, 0.5) is 0 Å². The fourth-order valence-corrected chi connectivity index (χ4v) is 3.63. The van der Waals surface area contributed by atoms with Crippen LogP contribution in [0, 0.1) is 20.8 Å². The molecular formula is C26H27N3O3. The van der Waals surface area contributed by atoms with E-state index in [1.165, 1.54) is 11.1 Å². The number of furan rings is 2. The standard InChI is InChI=1S/C26H27N3O3/c1-19-8-10-22(11-9-19)16-29-21(3)25(20(2)27-29)12-13-26(30)28(17-23-6-4-14-31-23)18-24-7-5-15-32-24/h4-15H,16-18H2,1-3H3/b13-12+. The normalized spacial score (nSPS) is 11.3. The Morgan fingerprint density at radius 1 is 0.969 bits per heavy atom. The van der Waals surface area contributed by atoms with Crippen molar-refractivity contribution >= 4 is 12.0 Å². The molecule has 164 valence electrons. The third-order valence-electron chi connectivity index (χ3n) is 5.45. The predicted octanol–water partition coefficient (Wildman–Crippen LogP) is 5.28. The topological polar surface area (TPSA) is 64.4 Å². The molecule has 0 N–H and O–H groups in total. The van der Waals surface area contributed by atoms with Gasteiger partial charge in [-0.15, -0.1) is 0 Å². The first-order chi connectivity index (χ1) is 15.5. The van der Waals surface area contributed by atoms with Gasteiger partial charge in [-0.1, -0.05) is 29.8 Å². The second-order valence-corrected chi connectivity index (χ2v) is 7.91. The zero-order valence-corrected chi connectivity index (χ0v) is 18.6. The predicted molar refractivity (Wildman–Crippen MR) is 123 cm³/mol. The second kappa shape index (κ2) is 9.56. The third kappa shape index (κ3) is 5.09. The molecule has 0 saturated carbocycles. The van der Waals surface area contributed by atoms with E-state index in [0.717, 1.165) is 28.5 Å². The van der Waals surface area contributed by atoms with Crippen molar-refractivity contribution in [2.45, 2.75) is 40.4 Å². The van der Waals surface area contributed by atoms with Gasteiger partial charge in [-0.05, 0) is 56.7 Å². The van der Waals surface area contributed by atoms with E-state index in [2.05, 4.69) is 36.3 Å². The Bertz CT molecular complexity index is 1150. The van der Waals surface area contributed by atoms with E-state index in [9.17, 15) is 4.79 Å². The van der Waals surface area contributed by atoms with Crippen molar-refractivity contribution in [1.29, 1.82) is 0 Å². The van der Waals surface area contributed by atoms with Crippen LogP contribution in [0.3, 0.4) is 0 Å². The van der Waals surface area contributed by atoms with Crippen LogP contribution in [0.15, 0.2) is 76.0 Å². The zero-order chi connectivity index (χ0) is 22.5. The number of aryl methyl sites for hydroxylation is 2. The number of hydrogen-bond donors (Lipinski definition) is 0. The first-order valence-corrected chi connectivity index (χ1v) is 10.6. The van der Waals surface area contributed by atoms with Crippen LogP contribution >= 0.6 is 0 Å². The average Bonchev–Trinajstić information content (AvgIpc) is 3.52. The van der Waals surface area contributed by atoms with Crippen LogP contribution in [0.1, 0.15) is 39.6 Å². The minimum Gasteiger partial charge on any atom is -0.467 e. The SMILES string of the molecule is Cc1ccc(Cn2nc(C)c(/C=C/C(=O)N(Cc3ccco3)Cc3ccco3)c2C)cc1. The molecule has 0 spiro atoms. The summed E-state index contributed by atoms with van der Waals surface area (Å²) in [6.45, 7) is 7.49. The van der Waals surface area contributed by atoms with E-state index >= 15 is 0 Å². The summed E-state index contributed by atoms with van der Waals surface area (Å²) in [7, 11) is 0. The number of rotatable bonds is 8. The Balaban J connectivity index is 1.51. The fraction of sp³-hybridized carbons (Fsp3) is 0.231. The minimum atomic E-state index is -0.122. The second-order valence-electron chi connectivity index (χ2n) is 7.91. The molecule has 0 atom stereocenters. The maximum atomic E-state index is 13.0. The molecule has 1 aromatic carbocycles. The Labute approximate surface area is 187 Å². The van der Waals surface area contributed by atoms with Gasteiger partial charge in [-0.3, -0.25) is 9.48 Å². The van der Waals surface area contributed by atoms with Crippen molar-refractivity contribution in [2.75, 3.05) is 0 Å². The smallest absolute Gasteiger partial charge is 0.247 e. The first kappa shape index (κ1) is 21.4. The molecule has 0 saturated heterocycles. The maximum absolute atomic E-state index is 13.0. The third-order valence-corrected chi connectivity index (χ3v) is 5.45. The molecule has 0 aliphatic rings. The van der Waals surface area contributed by atoms with Crippen molar-refractivity contribution in [3.05, 3.63) is 107 Å². The number of amides is 1. The van der Waals surface area contributed by atoms with Gasteiger partial charge in [0.15, 0.2) is 0 Å². The summed E-state index contributed by atoms with van der Waals surface area (Å²) in [5.74, 6) is 1.32. The zero-order valence-electron chi connectivity index (χ0n) is 18.6. The summed E-state index contributed by atoms with van der Waals surface area (Å²) in [4.78, 5) is 14.7. The molecule has 0 fully saturated rings. The molecule has 4 rings (SSSR count). The summed E-state index contributed by atoms with van der Waals surface area (Å²) in [5.41, 5.74) is 5.30. The van der Waals surface area contributed by atoms with Crippen molar-refractivity contribution < 1.29 is 13.6 Å². The highest BCUT2D eigenvalue weighted by Crippen LogP contribution is 2.18.